The first-order valence-electron chi connectivity index (χ1n) is 6.75. The summed E-state index contributed by atoms with van der Waals surface area (Å²) >= 11 is 2.08. The van der Waals surface area contributed by atoms with Gasteiger partial charge in [0.1, 0.15) is 0 Å². The Labute approximate surface area is 103 Å². The smallest absolute Gasteiger partial charge is 0.0783 e. The zero-order valence-corrected chi connectivity index (χ0v) is 10.8. The van der Waals surface area contributed by atoms with E-state index in [4.69, 9.17) is 10.5 Å². The first-order valence-corrected chi connectivity index (χ1v) is 7.90. The SMILES string of the molecule is NCC1CCC1C1CCOC2(CCSC2)C1. The second kappa shape index (κ2) is 4.51. The fourth-order valence-corrected chi connectivity index (χ4v) is 5.18. The van der Waals surface area contributed by atoms with Gasteiger partial charge >= 0.3 is 0 Å². The highest BCUT2D eigenvalue weighted by Gasteiger charge is 2.45. The lowest BCUT2D eigenvalue weighted by Crippen LogP contribution is -2.46. The minimum absolute atomic E-state index is 0.266. The Morgan fingerprint density at radius 1 is 1.31 bits per heavy atom. The maximum Gasteiger partial charge on any atom is 0.0783 e. The van der Waals surface area contributed by atoms with E-state index >= 15 is 0 Å². The van der Waals surface area contributed by atoms with Crippen molar-refractivity contribution in [3.05, 3.63) is 0 Å². The van der Waals surface area contributed by atoms with Crippen LogP contribution in [0, 0.1) is 17.8 Å². The molecule has 0 amide bonds. The molecule has 0 bridgehead atoms. The average molecular weight is 241 g/mol. The lowest BCUT2D eigenvalue weighted by molar-refractivity contribution is -0.103. The molecule has 2 nitrogen and oxygen atoms in total. The maximum atomic E-state index is 6.09. The largest absolute Gasteiger partial charge is 0.374 e. The van der Waals surface area contributed by atoms with Crippen molar-refractivity contribution in [2.75, 3.05) is 24.7 Å². The van der Waals surface area contributed by atoms with Crippen molar-refractivity contribution in [1.29, 1.82) is 0 Å². The van der Waals surface area contributed by atoms with E-state index in [0.29, 0.717) is 0 Å². The van der Waals surface area contributed by atoms with E-state index in [1.807, 2.05) is 0 Å². The first-order chi connectivity index (χ1) is 7.83. The zero-order chi connectivity index (χ0) is 11.0. The molecule has 2 saturated heterocycles. The van der Waals surface area contributed by atoms with E-state index < -0.39 is 0 Å². The highest BCUT2D eigenvalue weighted by Crippen LogP contribution is 2.48. The molecule has 1 aliphatic carbocycles. The topological polar surface area (TPSA) is 35.2 Å². The van der Waals surface area contributed by atoms with Gasteiger partial charge in [0, 0.05) is 12.4 Å². The first kappa shape index (κ1) is 11.4. The predicted molar refractivity (Wildman–Crippen MR) is 68.6 cm³/mol. The van der Waals surface area contributed by atoms with E-state index in [2.05, 4.69) is 11.8 Å². The van der Waals surface area contributed by atoms with Gasteiger partial charge in [-0.05, 0) is 62.2 Å². The van der Waals surface area contributed by atoms with Crippen LogP contribution in [-0.2, 0) is 4.74 Å². The molecule has 1 saturated carbocycles. The van der Waals surface area contributed by atoms with Crippen LogP contribution in [0.2, 0.25) is 0 Å². The summed E-state index contributed by atoms with van der Waals surface area (Å²) < 4.78 is 6.09. The zero-order valence-electron chi connectivity index (χ0n) is 9.99. The van der Waals surface area contributed by atoms with Gasteiger partial charge in [-0.3, -0.25) is 0 Å². The van der Waals surface area contributed by atoms with Crippen molar-refractivity contribution in [1.82, 2.24) is 0 Å². The molecular formula is C13H23NOS. The standard InChI is InChI=1S/C13H23NOS/c14-8-11-1-2-12(11)10-3-5-15-13(7-10)4-6-16-9-13/h10-12H,1-9,14H2. The summed E-state index contributed by atoms with van der Waals surface area (Å²) in [6.45, 7) is 1.91. The fourth-order valence-electron chi connectivity index (χ4n) is 3.80. The molecule has 2 N–H and O–H groups in total. The third-order valence-corrected chi connectivity index (χ3v) is 6.21. The van der Waals surface area contributed by atoms with Gasteiger partial charge in [-0.1, -0.05) is 0 Å². The van der Waals surface area contributed by atoms with Gasteiger partial charge in [-0.15, -0.1) is 0 Å². The molecule has 3 aliphatic rings. The summed E-state index contributed by atoms with van der Waals surface area (Å²) in [6, 6.07) is 0. The molecule has 2 aliphatic heterocycles. The molecule has 4 unspecified atom stereocenters. The number of rotatable bonds is 2. The van der Waals surface area contributed by atoms with E-state index in [0.717, 1.165) is 30.9 Å². The van der Waals surface area contributed by atoms with Gasteiger partial charge < -0.3 is 10.5 Å². The van der Waals surface area contributed by atoms with Crippen LogP contribution in [0.5, 0.6) is 0 Å². The van der Waals surface area contributed by atoms with E-state index in [1.165, 1.54) is 43.6 Å². The van der Waals surface area contributed by atoms with Crippen molar-refractivity contribution in [3.63, 3.8) is 0 Å². The van der Waals surface area contributed by atoms with Crippen LogP contribution in [0.25, 0.3) is 0 Å². The van der Waals surface area contributed by atoms with Crippen LogP contribution in [0.3, 0.4) is 0 Å². The van der Waals surface area contributed by atoms with Gasteiger partial charge in [0.25, 0.3) is 0 Å². The molecule has 1 spiro atoms. The van der Waals surface area contributed by atoms with Crippen molar-refractivity contribution in [2.24, 2.45) is 23.5 Å². The molecule has 2 heterocycles. The van der Waals surface area contributed by atoms with Crippen LogP contribution >= 0.6 is 11.8 Å². The van der Waals surface area contributed by atoms with Gasteiger partial charge in [-0.2, -0.15) is 11.8 Å². The lowest BCUT2D eigenvalue weighted by atomic mass is 9.63. The molecule has 3 fully saturated rings. The van der Waals surface area contributed by atoms with Gasteiger partial charge in [0.2, 0.25) is 0 Å². The molecule has 0 aromatic carbocycles. The van der Waals surface area contributed by atoms with E-state index in [-0.39, 0.29) is 5.60 Å². The molecule has 0 radical (unpaired) electrons. The van der Waals surface area contributed by atoms with Crippen LogP contribution in [-0.4, -0.2) is 30.3 Å². The third kappa shape index (κ3) is 1.91. The number of hydrogen-bond donors (Lipinski definition) is 1. The lowest BCUT2D eigenvalue weighted by Gasteiger charge is -2.47. The van der Waals surface area contributed by atoms with Crippen molar-refractivity contribution >= 4 is 11.8 Å². The Hall–Kier alpha value is 0.270. The summed E-state index contributed by atoms with van der Waals surface area (Å²) in [4.78, 5) is 0. The van der Waals surface area contributed by atoms with Crippen LogP contribution in [0.4, 0.5) is 0 Å². The quantitative estimate of drug-likeness (QED) is 0.805. The Morgan fingerprint density at radius 3 is 2.88 bits per heavy atom. The minimum Gasteiger partial charge on any atom is -0.374 e. The third-order valence-electron chi connectivity index (χ3n) is 4.98. The summed E-state index contributed by atoms with van der Waals surface area (Å²) in [6.07, 6.45) is 6.69. The predicted octanol–water partition coefficient (Wildman–Crippen LogP) is 2.27. The van der Waals surface area contributed by atoms with Crippen molar-refractivity contribution in [2.45, 2.75) is 37.7 Å². The Balaban J connectivity index is 1.63. The van der Waals surface area contributed by atoms with Gasteiger partial charge in [0.05, 0.1) is 5.60 Å². The second-order valence-corrected chi connectivity index (χ2v) is 6.93. The maximum absolute atomic E-state index is 6.09. The number of nitrogens with two attached hydrogens (primary N) is 1. The Morgan fingerprint density at radius 2 is 2.25 bits per heavy atom. The van der Waals surface area contributed by atoms with Crippen LogP contribution < -0.4 is 5.73 Å². The van der Waals surface area contributed by atoms with Crippen molar-refractivity contribution < 1.29 is 4.74 Å². The van der Waals surface area contributed by atoms with Gasteiger partial charge in [0.15, 0.2) is 0 Å². The normalized spacial score (nSPS) is 48.2. The highest BCUT2D eigenvalue weighted by atomic mass is 32.2. The van der Waals surface area contributed by atoms with E-state index in [9.17, 15) is 0 Å². The molecule has 0 aromatic heterocycles. The van der Waals surface area contributed by atoms with Crippen molar-refractivity contribution in [3.8, 4) is 0 Å². The fraction of sp³-hybridized carbons (Fsp3) is 1.00. The molecule has 92 valence electrons. The monoisotopic (exact) mass is 241 g/mol. The Kier molecular flexibility index (Phi) is 3.20. The summed E-state index contributed by atoms with van der Waals surface area (Å²) in [5, 5.41) is 0. The van der Waals surface area contributed by atoms with Crippen LogP contribution in [0.1, 0.15) is 32.1 Å². The molecule has 0 aromatic rings. The Bertz CT molecular complexity index is 250. The molecule has 3 rings (SSSR count). The summed E-state index contributed by atoms with van der Waals surface area (Å²) in [5.41, 5.74) is 6.11. The molecule has 16 heavy (non-hydrogen) atoms. The number of hydrogen-bond acceptors (Lipinski definition) is 3. The summed E-state index contributed by atoms with van der Waals surface area (Å²) in [5.74, 6) is 5.21. The van der Waals surface area contributed by atoms with E-state index in [1.54, 1.807) is 0 Å². The summed E-state index contributed by atoms with van der Waals surface area (Å²) in [7, 11) is 0. The number of ether oxygens (including phenoxy) is 1. The molecular weight excluding hydrogens is 218 g/mol. The molecule has 4 atom stereocenters. The second-order valence-electron chi connectivity index (χ2n) is 5.82. The molecule has 3 heteroatoms. The van der Waals surface area contributed by atoms with Crippen LogP contribution in [0.15, 0.2) is 0 Å². The van der Waals surface area contributed by atoms with Gasteiger partial charge in [-0.25, -0.2) is 0 Å². The average Bonchev–Trinajstić information content (AvgIpc) is 2.65. The highest BCUT2D eigenvalue weighted by molar-refractivity contribution is 7.99. The number of thioether (sulfide) groups is 1. The minimum atomic E-state index is 0.266.